The molecule has 30 heavy (non-hydrogen) atoms. The van der Waals surface area contributed by atoms with Gasteiger partial charge in [-0.2, -0.15) is 0 Å². The van der Waals surface area contributed by atoms with Crippen molar-refractivity contribution in [1.29, 1.82) is 0 Å². The standard InChI is InChI=1S/C20H27N7OS2/c1-12-6-5-7-13-15(12)16-17-21-11-22-27(17)19-23-24-20(26(19)18(16)30-13)29-10-14(28)25-8-3-2-4-9-25/h12,17,21-22H,2-11H2,1H3/t12-,17?/m0/s1. The van der Waals surface area contributed by atoms with Crippen LogP contribution in [0.5, 0.6) is 0 Å². The maximum Gasteiger partial charge on any atom is 0.249 e. The molecule has 2 fully saturated rings. The molecular formula is C20H27N7OS2. The number of aryl methyl sites for hydroxylation is 1. The Morgan fingerprint density at radius 1 is 1.20 bits per heavy atom. The Morgan fingerprint density at radius 2 is 2.07 bits per heavy atom. The zero-order chi connectivity index (χ0) is 20.2. The Kier molecular flexibility index (Phi) is 4.78. The lowest BCUT2D eigenvalue weighted by atomic mass is 9.85. The van der Waals surface area contributed by atoms with Crippen LogP contribution in [0.2, 0.25) is 0 Å². The molecule has 3 aliphatic heterocycles. The van der Waals surface area contributed by atoms with Gasteiger partial charge in [-0.25, -0.2) is 9.99 Å². The van der Waals surface area contributed by atoms with Crippen LogP contribution in [0.25, 0.3) is 5.00 Å². The zero-order valence-corrected chi connectivity index (χ0v) is 18.8. The first-order valence-electron chi connectivity index (χ1n) is 11.0. The number of thiophene rings is 1. The molecule has 0 aromatic carbocycles. The highest BCUT2D eigenvalue weighted by atomic mass is 32.2. The van der Waals surface area contributed by atoms with Crippen molar-refractivity contribution in [2.45, 2.75) is 62.7 Å². The Balaban J connectivity index is 1.35. The van der Waals surface area contributed by atoms with E-state index < -0.39 is 0 Å². The van der Waals surface area contributed by atoms with Gasteiger partial charge in [-0.05, 0) is 50.0 Å². The molecule has 2 N–H and O–H groups in total. The molecule has 1 amide bonds. The summed E-state index contributed by atoms with van der Waals surface area (Å²) in [5.41, 5.74) is 6.31. The number of hydrogen-bond acceptors (Lipinski definition) is 8. The van der Waals surface area contributed by atoms with Gasteiger partial charge in [0.25, 0.3) is 0 Å². The van der Waals surface area contributed by atoms with E-state index in [0.717, 1.165) is 43.5 Å². The van der Waals surface area contributed by atoms with Crippen molar-refractivity contribution in [2.24, 2.45) is 0 Å². The van der Waals surface area contributed by atoms with Gasteiger partial charge in [0.05, 0.1) is 12.4 Å². The highest BCUT2D eigenvalue weighted by molar-refractivity contribution is 7.99. The summed E-state index contributed by atoms with van der Waals surface area (Å²) in [5.74, 6) is 2.03. The van der Waals surface area contributed by atoms with E-state index >= 15 is 0 Å². The predicted molar refractivity (Wildman–Crippen MR) is 118 cm³/mol. The highest BCUT2D eigenvalue weighted by Crippen LogP contribution is 2.50. The normalized spacial score (nSPS) is 25.0. The van der Waals surface area contributed by atoms with Crippen LogP contribution in [0, 0.1) is 0 Å². The summed E-state index contributed by atoms with van der Waals surface area (Å²) in [6.07, 6.45) is 7.24. The highest BCUT2D eigenvalue weighted by Gasteiger charge is 2.42. The van der Waals surface area contributed by atoms with Gasteiger partial charge in [0.1, 0.15) is 11.2 Å². The first kappa shape index (κ1) is 19.1. The quantitative estimate of drug-likeness (QED) is 0.704. The molecule has 8 nitrogen and oxygen atoms in total. The van der Waals surface area contributed by atoms with Crippen molar-refractivity contribution < 1.29 is 4.79 Å². The number of nitrogens with zero attached hydrogens (tertiary/aromatic N) is 5. The first-order chi connectivity index (χ1) is 14.7. The molecule has 0 radical (unpaired) electrons. The van der Waals surface area contributed by atoms with Gasteiger partial charge in [0, 0.05) is 23.5 Å². The minimum atomic E-state index is 0.102. The van der Waals surface area contributed by atoms with Crippen molar-refractivity contribution in [3.8, 4) is 5.00 Å². The second-order valence-electron chi connectivity index (χ2n) is 8.61. The predicted octanol–water partition coefficient (Wildman–Crippen LogP) is 2.76. The molecule has 1 aliphatic carbocycles. The van der Waals surface area contributed by atoms with Gasteiger partial charge >= 0.3 is 0 Å². The Bertz CT molecular complexity index is 980. The summed E-state index contributed by atoms with van der Waals surface area (Å²) in [7, 11) is 0. The molecule has 2 saturated heterocycles. The maximum atomic E-state index is 12.7. The number of hydrazine groups is 1. The topological polar surface area (TPSA) is 78.3 Å². The van der Waals surface area contributed by atoms with Gasteiger partial charge in [-0.15, -0.1) is 21.5 Å². The first-order valence-corrected chi connectivity index (χ1v) is 12.8. The number of carbonyl (C=O) groups is 1. The van der Waals surface area contributed by atoms with Crippen LogP contribution >= 0.6 is 23.1 Å². The van der Waals surface area contributed by atoms with E-state index in [0.29, 0.717) is 18.3 Å². The van der Waals surface area contributed by atoms with Gasteiger partial charge < -0.3 is 4.90 Å². The summed E-state index contributed by atoms with van der Waals surface area (Å²) in [6, 6.07) is 0. The average molecular weight is 446 g/mol. The number of piperidine rings is 1. The molecule has 1 unspecified atom stereocenters. The number of thioether (sulfide) groups is 1. The lowest BCUT2D eigenvalue weighted by Gasteiger charge is -2.32. The second kappa shape index (κ2) is 7.51. The smallest absolute Gasteiger partial charge is 0.249 e. The molecule has 2 aromatic heterocycles. The van der Waals surface area contributed by atoms with E-state index in [1.807, 2.05) is 16.2 Å². The third-order valence-corrected chi connectivity index (χ3v) is 8.90. The number of rotatable bonds is 3. The Hall–Kier alpha value is -1.62. The van der Waals surface area contributed by atoms with Gasteiger partial charge in [-0.3, -0.25) is 15.1 Å². The number of likely N-dealkylation sites (tertiary alicyclic amines) is 1. The molecule has 10 heteroatoms. The second-order valence-corrected chi connectivity index (χ2v) is 10.6. The fraction of sp³-hybridized carbons (Fsp3) is 0.650. The maximum absolute atomic E-state index is 12.7. The molecule has 4 aliphatic rings. The third kappa shape index (κ3) is 2.91. The van der Waals surface area contributed by atoms with Gasteiger partial charge in [-0.1, -0.05) is 18.7 Å². The number of hydrogen-bond donors (Lipinski definition) is 2. The molecule has 160 valence electrons. The number of anilines is 1. The SMILES string of the molecule is C[C@H]1CCCc2sc3c(c21)C1NCNN1c1nnc(SCC(=O)N2CCCCC2)n1-3. The van der Waals surface area contributed by atoms with Gasteiger partial charge in [0.2, 0.25) is 11.9 Å². The molecule has 6 rings (SSSR count). The molecular weight excluding hydrogens is 418 g/mol. The van der Waals surface area contributed by atoms with Crippen LogP contribution in [0.3, 0.4) is 0 Å². The molecule has 2 atom stereocenters. The van der Waals surface area contributed by atoms with Crippen LogP contribution in [-0.2, 0) is 11.2 Å². The number of aromatic nitrogens is 3. The minimum absolute atomic E-state index is 0.102. The fourth-order valence-electron chi connectivity index (χ4n) is 5.24. The van der Waals surface area contributed by atoms with Crippen LogP contribution in [0.4, 0.5) is 5.95 Å². The summed E-state index contributed by atoms with van der Waals surface area (Å²) in [5, 5.41) is 16.8. The summed E-state index contributed by atoms with van der Waals surface area (Å²) in [6.45, 7) is 4.85. The third-order valence-electron chi connectivity index (χ3n) is 6.72. The molecule has 0 saturated carbocycles. The van der Waals surface area contributed by atoms with E-state index in [4.69, 9.17) is 0 Å². The summed E-state index contributed by atoms with van der Waals surface area (Å²) in [4.78, 5) is 16.2. The monoisotopic (exact) mass is 445 g/mol. The van der Waals surface area contributed by atoms with Crippen LogP contribution in [-0.4, -0.2) is 51.1 Å². The lowest BCUT2D eigenvalue weighted by molar-refractivity contribution is -0.129. The van der Waals surface area contributed by atoms with Crippen molar-refractivity contribution in [2.75, 3.05) is 30.5 Å². The van der Waals surface area contributed by atoms with E-state index in [1.165, 1.54) is 52.0 Å². The Labute approximate surface area is 184 Å². The van der Waals surface area contributed by atoms with Crippen LogP contribution in [0.1, 0.15) is 67.1 Å². The molecule has 2 aromatic rings. The van der Waals surface area contributed by atoms with Crippen LogP contribution in [0.15, 0.2) is 5.16 Å². The summed E-state index contributed by atoms with van der Waals surface area (Å²) < 4.78 is 2.18. The van der Waals surface area contributed by atoms with E-state index in [1.54, 1.807) is 0 Å². The average Bonchev–Trinajstić information content (AvgIpc) is 3.48. The van der Waals surface area contributed by atoms with E-state index in [2.05, 4.69) is 37.4 Å². The number of fused-ring (bicyclic) bond motifs is 8. The largest absolute Gasteiger partial charge is 0.342 e. The fourth-order valence-corrected chi connectivity index (χ4v) is 7.62. The number of amides is 1. The van der Waals surface area contributed by atoms with Gasteiger partial charge in [0.15, 0.2) is 5.16 Å². The number of carbonyl (C=O) groups excluding carboxylic acids is 1. The minimum Gasteiger partial charge on any atom is -0.342 e. The van der Waals surface area contributed by atoms with Crippen molar-refractivity contribution in [3.63, 3.8) is 0 Å². The molecule has 5 heterocycles. The van der Waals surface area contributed by atoms with E-state index in [-0.39, 0.29) is 12.1 Å². The van der Waals surface area contributed by atoms with Crippen molar-refractivity contribution >= 4 is 35.0 Å². The lowest BCUT2D eigenvalue weighted by Crippen LogP contribution is -2.39. The molecule has 0 bridgehead atoms. The van der Waals surface area contributed by atoms with Crippen LogP contribution < -0.4 is 15.8 Å². The van der Waals surface area contributed by atoms with E-state index in [9.17, 15) is 4.79 Å². The summed E-state index contributed by atoms with van der Waals surface area (Å²) >= 11 is 3.41. The number of nitrogens with one attached hydrogen (secondary N) is 2. The Morgan fingerprint density at radius 3 is 2.93 bits per heavy atom. The van der Waals surface area contributed by atoms with Crippen molar-refractivity contribution in [1.82, 2.24) is 30.4 Å². The molecule has 0 spiro atoms. The zero-order valence-electron chi connectivity index (χ0n) is 17.2. The van der Waals surface area contributed by atoms with Crippen molar-refractivity contribution in [3.05, 3.63) is 16.0 Å².